The minimum Gasteiger partial charge on any atom is -0.490 e. The molecule has 0 spiro atoms. The molecule has 0 radical (unpaired) electrons. The van der Waals surface area contributed by atoms with E-state index in [1.165, 1.54) is 0 Å². The molecule has 13 heteroatoms. The Labute approximate surface area is 271 Å². The number of aliphatic hydroxyl groups is 2. The molecule has 0 saturated carbocycles. The van der Waals surface area contributed by atoms with E-state index in [1.54, 1.807) is 47.6 Å². The molecule has 5 rings (SSSR count). The van der Waals surface area contributed by atoms with Crippen molar-refractivity contribution in [3.05, 3.63) is 95.8 Å². The van der Waals surface area contributed by atoms with E-state index in [2.05, 4.69) is 10.3 Å². The molecule has 2 aliphatic rings. The predicted octanol–water partition coefficient (Wildman–Crippen LogP) is 2.47. The molecule has 0 bridgehead atoms. The van der Waals surface area contributed by atoms with E-state index >= 15 is 0 Å². The lowest BCUT2D eigenvalue weighted by molar-refractivity contribution is -0.143. The zero-order valence-electron chi connectivity index (χ0n) is 25.9. The van der Waals surface area contributed by atoms with Crippen LogP contribution in [0.5, 0.6) is 5.75 Å². The second kappa shape index (κ2) is 15.7. The van der Waals surface area contributed by atoms with Gasteiger partial charge in [0.05, 0.1) is 12.1 Å². The van der Waals surface area contributed by atoms with Gasteiger partial charge in [-0.15, -0.1) is 0 Å². The number of amides is 2. The molecule has 2 aromatic carbocycles. The van der Waals surface area contributed by atoms with Crippen LogP contribution in [0.3, 0.4) is 0 Å². The van der Waals surface area contributed by atoms with E-state index in [-0.39, 0.29) is 32.0 Å². The number of pyridine rings is 1. The van der Waals surface area contributed by atoms with Gasteiger partial charge in [-0.05, 0) is 36.1 Å². The van der Waals surface area contributed by atoms with Gasteiger partial charge in [-0.25, -0.2) is 0 Å². The van der Waals surface area contributed by atoms with Gasteiger partial charge < -0.3 is 25.6 Å². The first-order valence-electron chi connectivity index (χ1n) is 15.7. The summed E-state index contributed by atoms with van der Waals surface area (Å²) >= 11 is 0. The average molecular weight is 656 g/mol. The number of hydrogen-bond donors (Lipinski definition) is 4. The Hall–Kier alpha value is -4.04. The second-order valence-corrected chi connectivity index (χ2v) is 12.1. The summed E-state index contributed by atoms with van der Waals surface area (Å²) in [7, 11) is 0. The van der Waals surface area contributed by atoms with E-state index < -0.39 is 48.8 Å². The number of β-amino-alcohol motifs (C(OH)–C–C–N with tert-alkyl or cyclic N) is 1. The topological polar surface area (TPSA) is 127 Å². The van der Waals surface area contributed by atoms with Gasteiger partial charge in [-0.1, -0.05) is 54.6 Å². The van der Waals surface area contributed by atoms with Crippen LogP contribution < -0.4 is 15.4 Å². The molecule has 1 saturated heterocycles. The lowest BCUT2D eigenvalue weighted by atomic mass is 9.90. The van der Waals surface area contributed by atoms with Crippen LogP contribution in [0.2, 0.25) is 0 Å². The van der Waals surface area contributed by atoms with Gasteiger partial charge in [0.1, 0.15) is 31.0 Å². The normalized spacial score (nSPS) is 21.6. The summed E-state index contributed by atoms with van der Waals surface area (Å²) in [5.74, 6) is -1.29. The third kappa shape index (κ3) is 9.74. The summed E-state index contributed by atoms with van der Waals surface area (Å²) in [4.78, 5) is 34.7. The number of nitrogens with one attached hydrogen (secondary N) is 2. The number of ether oxygens (including phenoxy) is 1. The van der Waals surface area contributed by atoms with Crippen molar-refractivity contribution in [2.75, 3.05) is 39.3 Å². The predicted molar refractivity (Wildman–Crippen MR) is 167 cm³/mol. The highest BCUT2D eigenvalue weighted by Gasteiger charge is 2.37. The number of nitrogens with zero attached hydrogens (tertiary/aromatic N) is 3. The number of carbonyl (C=O) groups is 2. The van der Waals surface area contributed by atoms with E-state index in [0.717, 1.165) is 11.1 Å². The fraction of sp³-hybridized carbons (Fsp3) is 0.441. The van der Waals surface area contributed by atoms with Gasteiger partial charge in [0.25, 0.3) is 0 Å². The molecule has 3 heterocycles. The number of halogens is 3. The number of hydrogen-bond acceptors (Lipinski definition) is 8. The third-order valence-electron chi connectivity index (χ3n) is 8.51. The van der Waals surface area contributed by atoms with E-state index in [0.29, 0.717) is 37.4 Å². The van der Waals surface area contributed by atoms with Crippen molar-refractivity contribution < 1.29 is 37.7 Å². The number of benzene rings is 2. The minimum absolute atomic E-state index is 0.0124. The number of piperazine rings is 1. The SMILES string of the molecule is O=C(N[C@H]1c2ccccc2OC[C@H]1O)[C@H](Cc1ccccc1)C[C@H](O)CN1CCN(Cc2cccnc2)C[C@H]1C(=O)NCC(F)(F)F. The van der Waals surface area contributed by atoms with Crippen LogP contribution in [0.25, 0.3) is 0 Å². The molecule has 0 unspecified atom stereocenters. The first-order valence-corrected chi connectivity index (χ1v) is 15.7. The van der Waals surface area contributed by atoms with E-state index in [4.69, 9.17) is 4.74 Å². The number of alkyl halides is 3. The summed E-state index contributed by atoms with van der Waals surface area (Å²) in [6.07, 6.45) is -2.95. The van der Waals surface area contributed by atoms with Crippen molar-refractivity contribution in [3.8, 4) is 5.75 Å². The van der Waals surface area contributed by atoms with Crippen molar-refractivity contribution in [2.45, 2.75) is 49.9 Å². The van der Waals surface area contributed by atoms with Gasteiger partial charge in [0, 0.05) is 56.6 Å². The highest BCUT2D eigenvalue weighted by molar-refractivity contribution is 5.82. The molecule has 10 nitrogen and oxygen atoms in total. The van der Waals surface area contributed by atoms with Crippen molar-refractivity contribution in [3.63, 3.8) is 0 Å². The van der Waals surface area contributed by atoms with Crippen LogP contribution in [0.1, 0.15) is 29.2 Å². The maximum atomic E-state index is 13.8. The van der Waals surface area contributed by atoms with Crippen molar-refractivity contribution in [1.82, 2.24) is 25.4 Å². The molecule has 1 aromatic heterocycles. The first-order chi connectivity index (χ1) is 22.6. The Morgan fingerprint density at radius 1 is 1.02 bits per heavy atom. The Kier molecular flexibility index (Phi) is 11.5. The molecule has 1 fully saturated rings. The number of fused-ring (bicyclic) bond motifs is 1. The Morgan fingerprint density at radius 3 is 2.51 bits per heavy atom. The van der Waals surface area contributed by atoms with Crippen LogP contribution in [-0.2, 0) is 22.6 Å². The summed E-state index contributed by atoms with van der Waals surface area (Å²) in [6.45, 7) is -0.0117. The monoisotopic (exact) mass is 655 g/mol. The maximum Gasteiger partial charge on any atom is 0.405 e. The molecule has 47 heavy (non-hydrogen) atoms. The van der Waals surface area contributed by atoms with Gasteiger partial charge in [-0.3, -0.25) is 24.4 Å². The quantitative estimate of drug-likeness (QED) is 0.235. The van der Waals surface area contributed by atoms with E-state index in [1.807, 2.05) is 46.6 Å². The van der Waals surface area contributed by atoms with Crippen molar-refractivity contribution in [1.29, 1.82) is 0 Å². The standard InChI is InChI=1S/C34H40F3N5O5/c35-34(36,37)22-39-33(46)28-20-41(18-24-9-6-12-38-17-24)13-14-42(28)19-26(43)16-25(15-23-7-2-1-3-8-23)32(45)40-31-27-10-4-5-11-30(27)47-21-29(31)44/h1-12,17,25-26,28-29,31,43-44H,13-16,18-22H2,(H,39,46)(H,40,45)/t25-,26+,28+,29-,31+/m1/s1. The molecule has 5 atom stereocenters. The average Bonchev–Trinajstić information content (AvgIpc) is 3.06. The maximum absolute atomic E-state index is 13.8. The lowest BCUT2D eigenvalue weighted by Gasteiger charge is -2.41. The molecule has 4 N–H and O–H groups in total. The summed E-state index contributed by atoms with van der Waals surface area (Å²) in [6, 6.07) is 18.5. The second-order valence-electron chi connectivity index (χ2n) is 12.1. The smallest absolute Gasteiger partial charge is 0.405 e. The first kappa shape index (κ1) is 34.3. The summed E-state index contributed by atoms with van der Waals surface area (Å²) < 4.78 is 44.6. The number of aliphatic hydroxyl groups excluding tert-OH is 2. The Morgan fingerprint density at radius 2 is 1.77 bits per heavy atom. The molecule has 252 valence electrons. The lowest BCUT2D eigenvalue weighted by Crippen LogP contribution is -2.60. The minimum atomic E-state index is -4.57. The van der Waals surface area contributed by atoms with Crippen LogP contribution in [0.15, 0.2) is 79.1 Å². The zero-order chi connectivity index (χ0) is 33.4. The van der Waals surface area contributed by atoms with Gasteiger partial charge in [-0.2, -0.15) is 13.2 Å². The Balaban J connectivity index is 1.29. The Bertz CT molecular complexity index is 1470. The van der Waals surface area contributed by atoms with Gasteiger partial charge in [0.15, 0.2) is 0 Å². The fourth-order valence-electron chi connectivity index (χ4n) is 6.19. The number of rotatable bonds is 12. The van der Waals surface area contributed by atoms with Crippen LogP contribution in [-0.4, -0.2) is 101 Å². The van der Waals surface area contributed by atoms with Crippen LogP contribution in [0.4, 0.5) is 13.2 Å². The molecular formula is C34H40F3N5O5. The highest BCUT2D eigenvalue weighted by atomic mass is 19.4. The van der Waals surface area contributed by atoms with Gasteiger partial charge >= 0.3 is 6.18 Å². The molecule has 3 aromatic rings. The largest absolute Gasteiger partial charge is 0.490 e. The van der Waals surface area contributed by atoms with Crippen molar-refractivity contribution in [2.24, 2.45) is 5.92 Å². The molecule has 0 aliphatic carbocycles. The number of para-hydroxylation sites is 1. The molecule has 2 amide bonds. The number of aromatic nitrogens is 1. The van der Waals surface area contributed by atoms with Gasteiger partial charge in [0.2, 0.25) is 11.8 Å². The summed E-state index contributed by atoms with van der Waals surface area (Å²) in [5.41, 5.74) is 2.43. The number of carbonyl (C=O) groups excluding carboxylic acids is 2. The van der Waals surface area contributed by atoms with Crippen molar-refractivity contribution >= 4 is 11.8 Å². The molecule has 2 aliphatic heterocycles. The molecular weight excluding hydrogens is 615 g/mol. The van der Waals surface area contributed by atoms with Crippen LogP contribution in [0, 0.1) is 5.92 Å². The highest BCUT2D eigenvalue weighted by Crippen LogP contribution is 2.32. The van der Waals surface area contributed by atoms with E-state index in [9.17, 15) is 33.0 Å². The third-order valence-corrected chi connectivity index (χ3v) is 8.51. The van der Waals surface area contributed by atoms with Crippen LogP contribution >= 0.6 is 0 Å². The summed E-state index contributed by atoms with van der Waals surface area (Å²) in [5, 5.41) is 27.0. The fourth-order valence-corrected chi connectivity index (χ4v) is 6.19. The zero-order valence-corrected chi connectivity index (χ0v) is 25.9.